The molecule has 1 N–H and O–H groups in total. The number of nitrogens with zero attached hydrogens (tertiary/aromatic N) is 1. The molecule has 0 aromatic heterocycles. The maximum atomic E-state index is 12.8. The van der Waals surface area contributed by atoms with Crippen LogP contribution in [0.1, 0.15) is 239 Å². The van der Waals surface area contributed by atoms with Crippen molar-refractivity contribution in [2.24, 2.45) is 0 Å². The molecule has 0 aliphatic rings. The minimum absolute atomic E-state index is 0.0305. The number of esters is 2. The number of unbranched alkanes of at least 4 members (excludes halogenated alkanes) is 28. The quantitative estimate of drug-likeness (QED) is 0.0211. The van der Waals surface area contributed by atoms with Crippen molar-refractivity contribution in [1.82, 2.24) is 0 Å². The van der Waals surface area contributed by atoms with Crippen LogP contribution in [0, 0.1) is 0 Å². The van der Waals surface area contributed by atoms with Crippen molar-refractivity contribution >= 4 is 19.8 Å². The van der Waals surface area contributed by atoms with Crippen LogP contribution in [-0.4, -0.2) is 74.9 Å². The Kier molecular flexibility index (Phi) is 44.1. The maximum Gasteiger partial charge on any atom is 0.472 e. The molecule has 63 heavy (non-hydrogen) atoms. The third kappa shape index (κ3) is 49.5. The second kappa shape index (κ2) is 45.4. The highest BCUT2D eigenvalue weighted by molar-refractivity contribution is 7.47. The largest absolute Gasteiger partial charge is 0.472 e. The van der Waals surface area contributed by atoms with E-state index in [4.69, 9.17) is 18.5 Å². The van der Waals surface area contributed by atoms with Crippen molar-refractivity contribution in [3.63, 3.8) is 0 Å². The first-order chi connectivity index (χ1) is 30.5. The van der Waals surface area contributed by atoms with Crippen molar-refractivity contribution in [3.8, 4) is 0 Å². The van der Waals surface area contributed by atoms with E-state index in [-0.39, 0.29) is 32.0 Å². The van der Waals surface area contributed by atoms with E-state index < -0.39 is 26.5 Å². The van der Waals surface area contributed by atoms with Crippen LogP contribution in [0.5, 0.6) is 0 Å². The predicted octanol–water partition coefficient (Wildman–Crippen LogP) is 15.6. The molecule has 9 nitrogen and oxygen atoms in total. The van der Waals surface area contributed by atoms with Gasteiger partial charge in [0, 0.05) is 12.8 Å². The number of carbonyl (C=O) groups is 2. The van der Waals surface area contributed by atoms with Gasteiger partial charge in [-0.05, 0) is 70.6 Å². The molecule has 0 spiro atoms. The smallest absolute Gasteiger partial charge is 0.462 e. The number of hydrogen-bond donors (Lipinski definition) is 1. The maximum absolute atomic E-state index is 12.8. The average molecular weight is 911 g/mol. The highest BCUT2D eigenvalue weighted by atomic mass is 31.2. The summed E-state index contributed by atoms with van der Waals surface area (Å²) in [5.41, 5.74) is 0. The minimum atomic E-state index is -4.38. The van der Waals surface area contributed by atoms with Gasteiger partial charge in [-0.1, -0.05) is 192 Å². The number of carbonyl (C=O) groups excluding carboxylic acids is 2. The van der Waals surface area contributed by atoms with Gasteiger partial charge in [0.1, 0.15) is 19.8 Å². The number of likely N-dealkylation sites (N-methyl/N-ethyl adjacent to an activating group) is 1. The summed E-state index contributed by atoms with van der Waals surface area (Å²) < 4.78 is 34.5. The van der Waals surface area contributed by atoms with Crippen LogP contribution >= 0.6 is 7.82 Å². The Morgan fingerprint density at radius 1 is 0.492 bits per heavy atom. The SMILES string of the molecule is CCCCCCC/C=C\C/C=C\CCCCCCCCCCCCCC(=O)OC(COC(=O)CCCCCCC/C=C\CCCCCCCCC)COP(=O)(O)OCC[N+](C)(C)C. The van der Waals surface area contributed by atoms with Gasteiger partial charge in [0.15, 0.2) is 6.10 Å². The van der Waals surface area contributed by atoms with E-state index in [2.05, 4.69) is 50.3 Å². The topological polar surface area (TPSA) is 108 Å². The van der Waals surface area contributed by atoms with Crippen LogP contribution in [0.4, 0.5) is 0 Å². The fourth-order valence-corrected chi connectivity index (χ4v) is 8.02. The molecule has 0 aliphatic carbocycles. The molecule has 0 aromatic carbocycles. The van der Waals surface area contributed by atoms with Gasteiger partial charge >= 0.3 is 19.8 Å². The standard InChI is InChI=1S/C53H100NO8P/c1-6-8-10-12-14-16-18-20-22-24-25-26-27-28-29-30-32-34-36-38-40-42-44-46-53(56)62-51(50-61-63(57,58)60-48-47-54(3,4)5)49-59-52(55)45-43-41-39-37-35-33-31-23-21-19-17-15-13-11-9-7-2/h18,20,23-25,31,51H,6-17,19,21-22,26-30,32-50H2,1-5H3/p+1/b20-18-,25-24-,31-23-. The Bertz CT molecular complexity index is 1170. The lowest BCUT2D eigenvalue weighted by Gasteiger charge is -2.24. The molecule has 0 fully saturated rings. The van der Waals surface area contributed by atoms with E-state index in [0.717, 1.165) is 64.2 Å². The van der Waals surface area contributed by atoms with Gasteiger partial charge in [-0.25, -0.2) is 4.57 Å². The van der Waals surface area contributed by atoms with Gasteiger partial charge in [0.2, 0.25) is 0 Å². The molecule has 0 aromatic rings. The summed E-state index contributed by atoms with van der Waals surface area (Å²) in [7, 11) is 1.48. The molecule has 10 heteroatoms. The van der Waals surface area contributed by atoms with Crippen LogP contribution in [0.2, 0.25) is 0 Å². The number of allylic oxidation sites excluding steroid dienone is 6. The summed E-state index contributed by atoms with van der Waals surface area (Å²) in [4.78, 5) is 35.5. The highest BCUT2D eigenvalue weighted by Crippen LogP contribution is 2.43. The first-order valence-electron chi connectivity index (χ1n) is 26.2. The monoisotopic (exact) mass is 911 g/mol. The molecule has 2 unspecified atom stereocenters. The molecule has 2 atom stereocenters. The van der Waals surface area contributed by atoms with Crippen molar-refractivity contribution < 1.29 is 42.1 Å². The van der Waals surface area contributed by atoms with E-state index >= 15 is 0 Å². The van der Waals surface area contributed by atoms with Gasteiger partial charge in [-0.3, -0.25) is 18.6 Å². The molecule has 0 aliphatic heterocycles. The lowest BCUT2D eigenvalue weighted by atomic mass is 10.0. The zero-order valence-corrected chi connectivity index (χ0v) is 42.7. The Morgan fingerprint density at radius 3 is 1.27 bits per heavy atom. The second-order valence-corrected chi connectivity index (χ2v) is 20.4. The predicted molar refractivity (Wildman–Crippen MR) is 266 cm³/mol. The molecular formula is C53H101NO8P+. The molecule has 0 amide bonds. The lowest BCUT2D eigenvalue weighted by Crippen LogP contribution is -2.37. The summed E-state index contributed by atoms with van der Waals surface area (Å²) in [6.45, 7) is 4.43. The third-order valence-electron chi connectivity index (χ3n) is 11.4. The van der Waals surface area contributed by atoms with E-state index in [0.29, 0.717) is 17.4 Å². The zero-order valence-electron chi connectivity index (χ0n) is 41.8. The minimum Gasteiger partial charge on any atom is -0.462 e. The van der Waals surface area contributed by atoms with Gasteiger partial charge in [-0.2, -0.15) is 0 Å². The van der Waals surface area contributed by atoms with Crippen molar-refractivity contribution in [3.05, 3.63) is 36.5 Å². The number of rotatable bonds is 48. The Balaban J connectivity index is 4.23. The van der Waals surface area contributed by atoms with Crippen molar-refractivity contribution in [1.29, 1.82) is 0 Å². The summed E-state index contributed by atoms with van der Waals surface area (Å²) in [6, 6.07) is 0. The van der Waals surface area contributed by atoms with Crippen LogP contribution in [0.15, 0.2) is 36.5 Å². The molecule has 0 saturated heterocycles. The molecule has 0 saturated carbocycles. The second-order valence-electron chi connectivity index (χ2n) is 18.9. The van der Waals surface area contributed by atoms with E-state index in [9.17, 15) is 19.0 Å². The van der Waals surface area contributed by atoms with Crippen LogP contribution in [0.25, 0.3) is 0 Å². The van der Waals surface area contributed by atoms with E-state index in [1.54, 1.807) is 0 Å². The first-order valence-corrected chi connectivity index (χ1v) is 27.7. The van der Waals surface area contributed by atoms with Gasteiger partial charge in [0.25, 0.3) is 0 Å². The molecule has 370 valence electrons. The van der Waals surface area contributed by atoms with E-state index in [1.165, 1.54) is 141 Å². The Morgan fingerprint density at radius 2 is 0.857 bits per heavy atom. The number of phosphoric acid groups is 1. The molecule has 0 bridgehead atoms. The molecular weight excluding hydrogens is 810 g/mol. The summed E-state index contributed by atoms with van der Waals surface area (Å²) >= 11 is 0. The fraction of sp³-hybridized carbons (Fsp3) is 0.849. The van der Waals surface area contributed by atoms with Crippen LogP contribution in [0.3, 0.4) is 0 Å². The van der Waals surface area contributed by atoms with Gasteiger partial charge in [-0.15, -0.1) is 0 Å². The van der Waals surface area contributed by atoms with Gasteiger partial charge < -0.3 is 18.9 Å². The lowest BCUT2D eigenvalue weighted by molar-refractivity contribution is -0.870. The third-order valence-corrected chi connectivity index (χ3v) is 12.4. The van der Waals surface area contributed by atoms with Crippen molar-refractivity contribution in [2.75, 3.05) is 47.5 Å². The van der Waals surface area contributed by atoms with E-state index in [1.807, 2.05) is 21.1 Å². The fourth-order valence-electron chi connectivity index (χ4n) is 7.28. The molecule has 0 rings (SSSR count). The Labute approximate surface area is 389 Å². The molecule has 0 heterocycles. The summed E-state index contributed by atoms with van der Waals surface area (Å²) in [6.07, 6.45) is 53.4. The zero-order chi connectivity index (χ0) is 46.4. The summed E-state index contributed by atoms with van der Waals surface area (Å²) in [5, 5.41) is 0. The van der Waals surface area contributed by atoms with Crippen LogP contribution in [-0.2, 0) is 32.7 Å². The number of quaternary nitrogens is 1. The summed E-state index contributed by atoms with van der Waals surface area (Å²) in [5.74, 6) is -0.803. The van der Waals surface area contributed by atoms with Crippen molar-refractivity contribution in [2.45, 2.75) is 245 Å². The Hall–Kier alpha value is -1.77. The first kappa shape index (κ1) is 61.2. The average Bonchev–Trinajstić information content (AvgIpc) is 3.24. The van der Waals surface area contributed by atoms with Gasteiger partial charge in [0.05, 0.1) is 27.7 Å². The number of hydrogen-bond acceptors (Lipinski definition) is 7. The normalized spacial score (nSPS) is 13.7. The number of phosphoric ester groups is 1. The van der Waals surface area contributed by atoms with Crippen LogP contribution < -0.4 is 0 Å². The number of ether oxygens (including phenoxy) is 2. The molecule has 0 radical (unpaired) electrons. The highest BCUT2D eigenvalue weighted by Gasteiger charge is 2.27.